The van der Waals surface area contributed by atoms with E-state index in [0.29, 0.717) is 0 Å². The number of aromatic nitrogens is 3. The summed E-state index contributed by atoms with van der Waals surface area (Å²) in [6.45, 7) is 0. The lowest BCUT2D eigenvalue weighted by molar-refractivity contribution is 0.672. The van der Waals surface area contributed by atoms with Crippen molar-refractivity contribution in [2.24, 2.45) is 0 Å². The Balaban J connectivity index is 1.22. The molecular weight excluding hydrogens is 502 g/mol. The fraction of sp³-hybridized carbons (Fsp3) is 0. The van der Waals surface area contributed by atoms with E-state index in [0.717, 1.165) is 87.9 Å². The van der Waals surface area contributed by atoms with E-state index >= 15 is 0 Å². The maximum absolute atomic E-state index is 6.25. The maximum atomic E-state index is 6.25. The molecule has 0 saturated heterocycles. The lowest BCUT2D eigenvalue weighted by Gasteiger charge is -2.12. The van der Waals surface area contributed by atoms with E-state index in [2.05, 4.69) is 102 Å². The molecule has 0 saturated carbocycles. The fourth-order valence-corrected chi connectivity index (χ4v) is 6.17. The first-order chi connectivity index (χ1) is 20.3. The van der Waals surface area contributed by atoms with E-state index in [1.165, 1.54) is 0 Å². The fourth-order valence-electron chi connectivity index (χ4n) is 6.17. The summed E-state index contributed by atoms with van der Waals surface area (Å²) in [4.78, 5) is 14.9. The molecule has 4 nitrogen and oxygen atoms in total. The van der Waals surface area contributed by atoms with Gasteiger partial charge in [0.25, 0.3) is 0 Å². The molecule has 9 rings (SSSR count). The van der Waals surface area contributed by atoms with E-state index in [1.54, 1.807) is 0 Å². The Morgan fingerprint density at radius 1 is 0.439 bits per heavy atom. The number of para-hydroxylation sites is 1. The lowest BCUT2D eigenvalue weighted by Crippen LogP contribution is -1.91. The van der Waals surface area contributed by atoms with Crippen LogP contribution in [-0.4, -0.2) is 15.0 Å². The van der Waals surface area contributed by atoms with E-state index < -0.39 is 0 Å². The van der Waals surface area contributed by atoms with Crippen LogP contribution in [0.4, 0.5) is 0 Å². The van der Waals surface area contributed by atoms with Crippen LogP contribution in [0.2, 0.25) is 0 Å². The molecule has 0 radical (unpaired) electrons. The van der Waals surface area contributed by atoms with Crippen molar-refractivity contribution < 1.29 is 4.42 Å². The largest absolute Gasteiger partial charge is 0.455 e. The highest BCUT2D eigenvalue weighted by atomic mass is 16.3. The number of furan rings is 1. The number of rotatable bonds is 2. The minimum absolute atomic E-state index is 0.882. The summed E-state index contributed by atoms with van der Waals surface area (Å²) in [5, 5.41) is 7.71. The van der Waals surface area contributed by atoms with Crippen molar-refractivity contribution in [3.63, 3.8) is 0 Å². The number of benzene rings is 5. The second-order valence-corrected chi connectivity index (χ2v) is 10.4. The first-order valence-electron chi connectivity index (χ1n) is 13.7. The standard InChI is InChI=1S/C37H21N3O/c1-2-12-34-28(7-1)29-16-19-33-30(37(29)41-34)17-20-31(39-33)26-10-3-9-25-24(26)8-4-11-27(25)32-18-15-23-14-13-22-6-5-21-38-35(22)36(23)40-32/h1-21H. The molecule has 41 heavy (non-hydrogen) atoms. The van der Waals surface area contributed by atoms with Crippen LogP contribution in [0.1, 0.15) is 0 Å². The van der Waals surface area contributed by atoms with Crippen molar-refractivity contribution in [1.29, 1.82) is 0 Å². The van der Waals surface area contributed by atoms with E-state index in [-0.39, 0.29) is 0 Å². The molecule has 0 fully saturated rings. The van der Waals surface area contributed by atoms with E-state index in [1.807, 2.05) is 30.5 Å². The molecule has 4 aromatic heterocycles. The highest BCUT2D eigenvalue weighted by Gasteiger charge is 2.14. The summed E-state index contributed by atoms with van der Waals surface area (Å²) in [5.41, 5.74) is 8.56. The summed E-state index contributed by atoms with van der Waals surface area (Å²) in [5.74, 6) is 0. The average molecular weight is 524 g/mol. The Bertz CT molecular complexity index is 2490. The molecule has 0 spiro atoms. The third kappa shape index (κ3) is 3.31. The second kappa shape index (κ2) is 8.44. The molecule has 0 aliphatic rings. The van der Waals surface area contributed by atoms with Crippen molar-refractivity contribution in [1.82, 2.24) is 15.0 Å². The third-order valence-electron chi connectivity index (χ3n) is 8.12. The number of nitrogens with zero attached hydrogens (tertiary/aromatic N) is 3. The number of pyridine rings is 3. The molecule has 0 amide bonds. The molecule has 0 aliphatic heterocycles. The van der Waals surface area contributed by atoms with Crippen LogP contribution in [0.25, 0.3) is 87.9 Å². The van der Waals surface area contributed by atoms with Gasteiger partial charge in [-0.1, -0.05) is 78.9 Å². The summed E-state index contributed by atoms with van der Waals surface area (Å²) in [7, 11) is 0. The maximum Gasteiger partial charge on any atom is 0.144 e. The van der Waals surface area contributed by atoms with Crippen molar-refractivity contribution in [3.8, 4) is 22.5 Å². The summed E-state index contributed by atoms with van der Waals surface area (Å²) in [6, 6.07) is 41.9. The van der Waals surface area contributed by atoms with Gasteiger partial charge >= 0.3 is 0 Å². The molecule has 0 unspecified atom stereocenters. The zero-order chi connectivity index (χ0) is 26.9. The van der Waals surface area contributed by atoms with Gasteiger partial charge in [0.1, 0.15) is 11.2 Å². The van der Waals surface area contributed by atoms with Crippen LogP contribution >= 0.6 is 0 Å². The van der Waals surface area contributed by atoms with Crippen LogP contribution in [0, 0.1) is 0 Å². The molecule has 4 heteroatoms. The van der Waals surface area contributed by atoms with Crippen molar-refractivity contribution in [2.45, 2.75) is 0 Å². The quantitative estimate of drug-likeness (QED) is 0.212. The first kappa shape index (κ1) is 22.2. The highest BCUT2D eigenvalue weighted by Crippen LogP contribution is 2.37. The predicted octanol–water partition coefficient (Wildman–Crippen LogP) is 9.72. The third-order valence-corrected chi connectivity index (χ3v) is 8.12. The smallest absolute Gasteiger partial charge is 0.144 e. The zero-order valence-corrected chi connectivity index (χ0v) is 21.9. The van der Waals surface area contributed by atoms with Crippen LogP contribution in [-0.2, 0) is 0 Å². The van der Waals surface area contributed by atoms with Gasteiger partial charge in [-0.15, -0.1) is 0 Å². The van der Waals surface area contributed by atoms with E-state index in [9.17, 15) is 0 Å². The van der Waals surface area contributed by atoms with Gasteiger partial charge in [0.05, 0.1) is 27.9 Å². The topological polar surface area (TPSA) is 51.8 Å². The van der Waals surface area contributed by atoms with Crippen LogP contribution in [0.5, 0.6) is 0 Å². The molecule has 0 N–H and O–H groups in total. The molecular formula is C37H21N3O. The average Bonchev–Trinajstić information content (AvgIpc) is 3.43. The normalized spacial score (nSPS) is 11.9. The van der Waals surface area contributed by atoms with E-state index in [4.69, 9.17) is 14.4 Å². The summed E-state index contributed by atoms with van der Waals surface area (Å²) >= 11 is 0. The molecule has 190 valence electrons. The van der Waals surface area contributed by atoms with Gasteiger partial charge in [-0.25, -0.2) is 9.97 Å². The Kier molecular flexibility index (Phi) is 4.58. The Hall–Kier alpha value is -5.61. The summed E-state index contributed by atoms with van der Waals surface area (Å²) in [6.07, 6.45) is 1.83. The van der Waals surface area contributed by atoms with Gasteiger partial charge in [-0.2, -0.15) is 0 Å². The Morgan fingerprint density at radius 3 is 1.98 bits per heavy atom. The first-order valence-corrected chi connectivity index (χ1v) is 13.7. The Labute approximate surface area is 234 Å². The van der Waals surface area contributed by atoms with Crippen molar-refractivity contribution in [3.05, 3.63) is 128 Å². The molecule has 4 heterocycles. The van der Waals surface area contributed by atoms with Gasteiger partial charge in [0.15, 0.2) is 0 Å². The van der Waals surface area contributed by atoms with Gasteiger partial charge in [0.2, 0.25) is 0 Å². The predicted molar refractivity (Wildman–Crippen MR) is 168 cm³/mol. The molecule has 9 aromatic rings. The minimum Gasteiger partial charge on any atom is -0.455 e. The van der Waals surface area contributed by atoms with Crippen LogP contribution < -0.4 is 0 Å². The van der Waals surface area contributed by atoms with Crippen LogP contribution in [0.3, 0.4) is 0 Å². The van der Waals surface area contributed by atoms with Crippen molar-refractivity contribution >= 4 is 65.4 Å². The van der Waals surface area contributed by atoms with Gasteiger partial charge in [0, 0.05) is 44.3 Å². The number of fused-ring (bicyclic) bond motifs is 9. The minimum atomic E-state index is 0.882. The van der Waals surface area contributed by atoms with Gasteiger partial charge in [-0.3, -0.25) is 4.98 Å². The zero-order valence-electron chi connectivity index (χ0n) is 21.9. The van der Waals surface area contributed by atoms with Gasteiger partial charge in [-0.05, 0) is 53.2 Å². The number of hydrogen-bond donors (Lipinski definition) is 0. The number of hydrogen-bond acceptors (Lipinski definition) is 4. The summed E-state index contributed by atoms with van der Waals surface area (Å²) < 4.78 is 6.25. The Morgan fingerprint density at radius 2 is 1.12 bits per heavy atom. The monoisotopic (exact) mass is 523 g/mol. The van der Waals surface area contributed by atoms with Gasteiger partial charge < -0.3 is 4.42 Å². The molecule has 0 bridgehead atoms. The molecule has 5 aromatic carbocycles. The van der Waals surface area contributed by atoms with Crippen molar-refractivity contribution in [2.75, 3.05) is 0 Å². The van der Waals surface area contributed by atoms with Crippen LogP contribution in [0.15, 0.2) is 132 Å². The molecule has 0 aliphatic carbocycles. The molecule has 0 atom stereocenters. The highest BCUT2D eigenvalue weighted by molar-refractivity contribution is 6.15. The lowest BCUT2D eigenvalue weighted by atomic mass is 9.96. The second-order valence-electron chi connectivity index (χ2n) is 10.4. The SMILES string of the molecule is c1cnc2c(c1)ccc1ccc(-c3cccc4c(-c5ccc6c(ccc7c8ccccc8oc67)n5)cccc34)nc12.